The Morgan fingerprint density at radius 1 is 1.29 bits per heavy atom. The van der Waals surface area contributed by atoms with E-state index in [1.54, 1.807) is 6.07 Å². The third kappa shape index (κ3) is 2.67. The lowest BCUT2D eigenvalue weighted by Crippen LogP contribution is -2.12. The zero-order valence-corrected chi connectivity index (χ0v) is 9.40. The van der Waals surface area contributed by atoms with Crippen molar-refractivity contribution in [3.8, 4) is 0 Å². The molecule has 0 fully saturated rings. The molecule has 17 heavy (non-hydrogen) atoms. The lowest BCUT2D eigenvalue weighted by atomic mass is 10.2. The highest BCUT2D eigenvalue weighted by atomic mass is 32.1. The van der Waals surface area contributed by atoms with Crippen molar-refractivity contribution in [2.75, 3.05) is 5.32 Å². The van der Waals surface area contributed by atoms with E-state index >= 15 is 0 Å². The van der Waals surface area contributed by atoms with Crippen LogP contribution in [-0.4, -0.2) is 22.0 Å². The van der Waals surface area contributed by atoms with Gasteiger partial charge in [0.1, 0.15) is 5.69 Å². The van der Waals surface area contributed by atoms with Crippen LogP contribution in [0.4, 0.5) is 5.00 Å². The molecule has 0 unspecified atom stereocenters. The summed E-state index contributed by atoms with van der Waals surface area (Å²) in [5, 5.41) is 13.9. The van der Waals surface area contributed by atoms with E-state index in [0.717, 1.165) is 5.00 Å². The van der Waals surface area contributed by atoms with E-state index in [0.29, 0.717) is 5.56 Å². The van der Waals surface area contributed by atoms with Gasteiger partial charge in [0.2, 0.25) is 0 Å². The topological polar surface area (TPSA) is 79.3 Å². The molecule has 5 nitrogen and oxygen atoms in total. The molecule has 86 valence electrons. The highest BCUT2D eigenvalue weighted by molar-refractivity contribution is 7.14. The fourth-order valence-electron chi connectivity index (χ4n) is 1.19. The number of thiophene rings is 1. The number of carbonyl (C=O) groups is 2. The summed E-state index contributed by atoms with van der Waals surface area (Å²) in [6.07, 6.45) is 1.24. The highest BCUT2D eigenvalue weighted by Crippen LogP contribution is 2.16. The molecule has 0 bridgehead atoms. The second-order valence-corrected chi connectivity index (χ2v) is 4.12. The largest absolute Gasteiger partial charge is 0.477 e. The summed E-state index contributed by atoms with van der Waals surface area (Å²) in [4.78, 5) is 25.9. The Bertz CT molecular complexity index is 534. The average molecular weight is 248 g/mol. The molecule has 0 aromatic carbocycles. The van der Waals surface area contributed by atoms with E-state index in [9.17, 15) is 9.59 Å². The van der Waals surface area contributed by atoms with E-state index in [2.05, 4.69) is 10.3 Å². The van der Waals surface area contributed by atoms with Gasteiger partial charge < -0.3 is 10.4 Å². The summed E-state index contributed by atoms with van der Waals surface area (Å²) in [6, 6.07) is 6.33. The normalized spacial score (nSPS) is 9.88. The molecule has 0 atom stereocenters. The first-order chi connectivity index (χ1) is 8.16. The number of hydrogen-bond acceptors (Lipinski definition) is 4. The van der Waals surface area contributed by atoms with Crippen LogP contribution in [0, 0.1) is 0 Å². The van der Waals surface area contributed by atoms with E-state index in [1.807, 2.05) is 11.4 Å². The third-order valence-corrected chi connectivity index (χ3v) is 2.79. The number of anilines is 1. The van der Waals surface area contributed by atoms with Crippen LogP contribution in [0.2, 0.25) is 0 Å². The van der Waals surface area contributed by atoms with Crippen molar-refractivity contribution >= 4 is 28.2 Å². The molecule has 0 radical (unpaired) electrons. The van der Waals surface area contributed by atoms with Crippen molar-refractivity contribution in [1.82, 2.24) is 4.98 Å². The number of nitrogens with zero attached hydrogens (tertiary/aromatic N) is 1. The molecule has 0 saturated carbocycles. The van der Waals surface area contributed by atoms with Crippen LogP contribution in [0.1, 0.15) is 20.8 Å². The van der Waals surface area contributed by atoms with Gasteiger partial charge in [-0.1, -0.05) is 0 Å². The van der Waals surface area contributed by atoms with Crippen molar-refractivity contribution in [3.05, 3.63) is 47.1 Å². The number of carboxylic acid groups (broad SMARTS) is 1. The summed E-state index contributed by atoms with van der Waals surface area (Å²) in [5.74, 6) is -1.42. The van der Waals surface area contributed by atoms with Gasteiger partial charge in [-0.15, -0.1) is 11.3 Å². The molecule has 0 aliphatic rings. The van der Waals surface area contributed by atoms with Crippen LogP contribution >= 0.6 is 11.3 Å². The van der Waals surface area contributed by atoms with E-state index in [-0.39, 0.29) is 11.6 Å². The molecule has 0 aliphatic carbocycles. The second kappa shape index (κ2) is 4.75. The van der Waals surface area contributed by atoms with Crippen LogP contribution < -0.4 is 5.32 Å². The minimum absolute atomic E-state index is 0.0855. The van der Waals surface area contributed by atoms with Crippen LogP contribution in [0.5, 0.6) is 0 Å². The van der Waals surface area contributed by atoms with Gasteiger partial charge in [0.25, 0.3) is 5.91 Å². The van der Waals surface area contributed by atoms with Crippen LogP contribution in [0.3, 0.4) is 0 Å². The van der Waals surface area contributed by atoms with Gasteiger partial charge in [-0.3, -0.25) is 4.79 Å². The number of aromatic nitrogens is 1. The van der Waals surface area contributed by atoms with Crippen molar-refractivity contribution in [2.24, 2.45) is 0 Å². The highest BCUT2D eigenvalue weighted by Gasteiger charge is 2.09. The molecule has 0 spiro atoms. The Labute approximate surface area is 101 Å². The predicted octanol–water partition coefficient (Wildman–Crippen LogP) is 2.09. The summed E-state index contributed by atoms with van der Waals surface area (Å²) < 4.78 is 0. The number of aromatic carboxylic acids is 1. The molecule has 2 heterocycles. The smallest absolute Gasteiger partial charge is 0.354 e. The molecular weight excluding hydrogens is 240 g/mol. The molecule has 6 heteroatoms. The van der Waals surface area contributed by atoms with Crippen molar-refractivity contribution in [3.63, 3.8) is 0 Å². The summed E-state index contributed by atoms with van der Waals surface area (Å²) in [5.41, 5.74) is 0.237. The number of amides is 1. The van der Waals surface area contributed by atoms with Gasteiger partial charge in [0, 0.05) is 6.20 Å². The molecular formula is C11H8N2O3S. The second-order valence-electron chi connectivity index (χ2n) is 3.17. The number of carbonyl (C=O) groups excluding carboxylic acids is 1. The number of carboxylic acids is 1. The van der Waals surface area contributed by atoms with Gasteiger partial charge in [-0.05, 0) is 29.6 Å². The van der Waals surface area contributed by atoms with Gasteiger partial charge in [0.15, 0.2) is 0 Å². The first-order valence-electron chi connectivity index (χ1n) is 4.71. The maximum absolute atomic E-state index is 11.7. The van der Waals surface area contributed by atoms with E-state index in [4.69, 9.17) is 5.11 Å². The van der Waals surface area contributed by atoms with Crippen molar-refractivity contribution < 1.29 is 14.7 Å². The quantitative estimate of drug-likeness (QED) is 0.871. The number of hydrogen-bond donors (Lipinski definition) is 2. The number of pyridine rings is 1. The first kappa shape index (κ1) is 11.3. The zero-order valence-electron chi connectivity index (χ0n) is 8.58. The fraction of sp³-hybridized carbons (Fsp3) is 0. The first-order valence-corrected chi connectivity index (χ1v) is 5.59. The third-order valence-electron chi connectivity index (χ3n) is 2.00. The van der Waals surface area contributed by atoms with Gasteiger partial charge in [-0.25, -0.2) is 9.78 Å². The monoisotopic (exact) mass is 248 g/mol. The van der Waals surface area contributed by atoms with Crippen molar-refractivity contribution in [1.29, 1.82) is 0 Å². The molecule has 2 aromatic rings. The Morgan fingerprint density at radius 2 is 2.12 bits per heavy atom. The Balaban J connectivity index is 2.12. The minimum atomic E-state index is -1.12. The Hall–Kier alpha value is -2.21. The fourth-order valence-corrected chi connectivity index (χ4v) is 1.80. The SMILES string of the molecule is O=C(Nc1cccs1)c1ccc(C(=O)O)nc1. The van der Waals surface area contributed by atoms with Gasteiger partial charge in [0.05, 0.1) is 10.6 Å². The molecule has 2 aromatic heterocycles. The predicted molar refractivity (Wildman–Crippen MR) is 63.5 cm³/mol. The van der Waals surface area contributed by atoms with Crippen LogP contribution in [-0.2, 0) is 0 Å². The standard InChI is InChI=1S/C11H8N2O3S/c14-10(13-9-2-1-5-17-9)7-3-4-8(11(15)16)12-6-7/h1-6H,(H,13,14)(H,15,16). The Morgan fingerprint density at radius 3 is 2.65 bits per heavy atom. The van der Waals surface area contributed by atoms with E-state index in [1.165, 1.54) is 29.7 Å². The zero-order chi connectivity index (χ0) is 12.3. The lowest BCUT2D eigenvalue weighted by Gasteiger charge is -2.02. The molecule has 0 aliphatic heterocycles. The van der Waals surface area contributed by atoms with Crippen molar-refractivity contribution in [2.45, 2.75) is 0 Å². The Kier molecular flexibility index (Phi) is 3.15. The van der Waals surface area contributed by atoms with Gasteiger partial charge >= 0.3 is 5.97 Å². The molecule has 2 rings (SSSR count). The number of rotatable bonds is 3. The van der Waals surface area contributed by atoms with E-state index < -0.39 is 5.97 Å². The maximum Gasteiger partial charge on any atom is 0.354 e. The summed E-state index contributed by atoms with van der Waals surface area (Å²) in [7, 11) is 0. The lowest BCUT2D eigenvalue weighted by molar-refractivity contribution is 0.0690. The van der Waals surface area contributed by atoms with Crippen LogP contribution in [0.25, 0.3) is 0 Å². The number of nitrogens with one attached hydrogen (secondary N) is 1. The molecule has 2 N–H and O–H groups in total. The summed E-state index contributed by atoms with van der Waals surface area (Å²) >= 11 is 1.41. The summed E-state index contributed by atoms with van der Waals surface area (Å²) in [6.45, 7) is 0. The minimum Gasteiger partial charge on any atom is -0.477 e. The van der Waals surface area contributed by atoms with Gasteiger partial charge in [-0.2, -0.15) is 0 Å². The average Bonchev–Trinajstić information content (AvgIpc) is 2.82. The molecule has 1 amide bonds. The van der Waals surface area contributed by atoms with Crippen LogP contribution in [0.15, 0.2) is 35.8 Å². The maximum atomic E-state index is 11.7. The molecule has 0 saturated heterocycles.